The maximum atomic E-state index is 13.5. The second-order valence-corrected chi connectivity index (χ2v) is 7.42. The smallest absolute Gasteiger partial charge is 0.377 e. The molecule has 148 valence electrons. The average Bonchev–Trinajstić information content (AvgIpc) is 3.21. The number of nitrogens with two attached hydrogens (primary N) is 1. The molecule has 0 amide bonds. The lowest BCUT2D eigenvalue weighted by Crippen LogP contribution is -2.22. The van der Waals surface area contributed by atoms with Crippen molar-refractivity contribution >= 4 is 28.8 Å². The summed E-state index contributed by atoms with van der Waals surface area (Å²) in [5, 5.41) is 7.96. The maximum Gasteiger partial charge on any atom is 0.418 e. The van der Waals surface area contributed by atoms with E-state index in [1.807, 2.05) is 30.3 Å². The van der Waals surface area contributed by atoms with E-state index in [0.717, 1.165) is 24.5 Å². The minimum Gasteiger partial charge on any atom is -0.377 e. The number of rotatable bonds is 5. The second-order valence-electron chi connectivity index (χ2n) is 6.43. The molecule has 2 aromatic carbocycles. The third kappa shape index (κ3) is 5.51. The van der Waals surface area contributed by atoms with Crippen molar-refractivity contribution < 1.29 is 13.2 Å². The molecule has 8 heteroatoms. The Morgan fingerprint density at radius 3 is 2.50 bits per heavy atom. The largest absolute Gasteiger partial charge is 0.418 e. The standard InChI is InChI=1S/C20H21F3N4S/c21-20(22,23)17-12-16(8-9-18(17)27-10-4-5-11-27)13-25-26-19(24)28-14-15-6-2-1-3-7-15/h1-3,6-9,12-13H,4-5,10-11,14H2,(H2,24,26). The van der Waals surface area contributed by atoms with Gasteiger partial charge in [-0.2, -0.15) is 18.3 Å². The van der Waals surface area contributed by atoms with E-state index in [2.05, 4.69) is 10.2 Å². The summed E-state index contributed by atoms with van der Waals surface area (Å²) in [7, 11) is 0. The quantitative estimate of drug-likeness (QED) is 0.437. The first-order chi connectivity index (χ1) is 13.4. The molecule has 28 heavy (non-hydrogen) atoms. The molecule has 1 aliphatic rings. The lowest BCUT2D eigenvalue weighted by atomic mass is 10.1. The van der Waals surface area contributed by atoms with Crippen molar-refractivity contribution in [2.24, 2.45) is 15.9 Å². The second kappa shape index (κ2) is 9.14. The highest BCUT2D eigenvalue weighted by Gasteiger charge is 2.35. The van der Waals surface area contributed by atoms with Crippen LogP contribution in [0, 0.1) is 0 Å². The third-order valence-corrected chi connectivity index (χ3v) is 5.22. The van der Waals surface area contributed by atoms with Gasteiger partial charge in [-0.1, -0.05) is 48.2 Å². The Kier molecular flexibility index (Phi) is 6.61. The number of nitrogens with zero attached hydrogens (tertiary/aromatic N) is 3. The van der Waals surface area contributed by atoms with Crippen LogP contribution in [0.2, 0.25) is 0 Å². The SMILES string of the molecule is NC(=NN=Cc1ccc(N2CCCC2)c(C(F)(F)F)c1)SCc1ccccc1. The summed E-state index contributed by atoms with van der Waals surface area (Å²) in [5.74, 6) is 0.647. The number of amidine groups is 1. The highest BCUT2D eigenvalue weighted by Crippen LogP contribution is 2.38. The Balaban J connectivity index is 1.69. The van der Waals surface area contributed by atoms with Gasteiger partial charge >= 0.3 is 6.18 Å². The zero-order valence-electron chi connectivity index (χ0n) is 15.2. The van der Waals surface area contributed by atoms with Crippen molar-refractivity contribution in [1.82, 2.24) is 0 Å². The van der Waals surface area contributed by atoms with E-state index in [4.69, 9.17) is 5.73 Å². The Bertz CT molecular complexity index is 844. The summed E-state index contributed by atoms with van der Waals surface area (Å²) in [6.07, 6.45) is -1.31. The molecule has 2 aromatic rings. The molecule has 1 heterocycles. The van der Waals surface area contributed by atoms with Gasteiger partial charge in [-0.05, 0) is 36.1 Å². The summed E-state index contributed by atoms with van der Waals surface area (Å²) in [5.41, 5.74) is 6.82. The predicted molar refractivity (Wildman–Crippen MR) is 110 cm³/mol. The molecule has 0 spiro atoms. The fourth-order valence-corrected chi connectivity index (χ4v) is 3.62. The fourth-order valence-electron chi connectivity index (χ4n) is 3.01. The Labute approximate surface area is 166 Å². The molecule has 0 unspecified atom stereocenters. The molecule has 0 bridgehead atoms. The van der Waals surface area contributed by atoms with Crippen LogP contribution in [0.1, 0.15) is 29.5 Å². The van der Waals surface area contributed by atoms with Gasteiger partial charge < -0.3 is 10.6 Å². The third-order valence-electron chi connectivity index (χ3n) is 4.37. The van der Waals surface area contributed by atoms with Crippen LogP contribution in [-0.2, 0) is 11.9 Å². The first-order valence-electron chi connectivity index (χ1n) is 8.93. The van der Waals surface area contributed by atoms with Gasteiger partial charge in [0.25, 0.3) is 0 Å². The van der Waals surface area contributed by atoms with E-state index < -0.39 is 11.7 Å². The van der Waals surface area contributed by atoms with Crippen LogP contribution in [0.3, 0.4) is 0 Å². The zero-order chi connectivity index (χ0) is 20.0. The van der Waals surface area contributed by atoms with Crippen LogP contribution in [0.15, 0.2) is 58.7 Å². The molecule has 0 aromatic heterocycles. The fraction of sp³-hybridized carbons (Fsp3) is 0.300. The van der Waals surface area contributed by atoms with E-state index >= 15 is 0 Å². The number of hydrogen-bond donors (Lipinski definition) is 1. The molecule has 0 radical (unpaired) electrons. The molecular weight excluding hydrogens is 385 g/mol. The molecule has 4 nitrogen and oxygen atoms in total. The predicted octanol–water partition coefficient (Wildman–Crippen LogP) is 4.89. The Morgan fingerprint density at radius 1 is 1.11 bits per heavy atom. The van der Waals surface area contributed by atoms with E-state index in [1.54, 1.807) is 11.0 Å². The number of thioether (sulfide) groups is 1. The number of benzene rings is 2. The van der Waals surface area contributed by atoms with E-state index in [1.165, 1.54) is 24.0 Å². The van der Waals surface area contributed by atoms with E-state index in [-0.39, 0.29) is 10.9 Å². The van der Waals surface area contributed by atoms with Crippen LogP contribution in [0.5, 0.6) is 0 Å². The molecule has 1 aliphatic heterocycles. The molecule has 0 atom stereocenters. The lowest BCUT2D eigenvalue weighted by molar-refractivity contribution is -0.137. The van der Waals surface area contributed by atoms with Crippen molar-refractivity contribution in [3.63, 3.8) is 0 Å². The topological polar surface area (TPSA) is 54.0 Å². The van der Waals surface area contributed by atoms with Gasteiger partial charge in [0.1, 0.15) is 0 Å². The van der Waals surface area contributed by atoms with E-state index in [9.17, 15) is 13.2 Å². The normalized spacial score (nSPS) is 15.5. The maximum absolute atomic E-state index is 13.5. The minimum atomic E-state index is -4.42. The Morgan fingerprint density at radius 2 is 1.82 bits per heavy atom. The van der Waals surface area contributed by atoms with Gasteiger partial charge in [-0.3, -0.25) is 0 Å². The molecule has 1 fully saturated rings. The molecule has 0 saturated carbocycles. The van der Waals surface area contributed by atoms with Crippen molar-refractivity contribution in [2.75, 3.05) is 18.0 Å². The first kappa shape index (κ1) is 20.3. The van der Waals surface area contributed by atoms with Crippen LogP contribution < -0.4 is 10.6 Å². The van der Waals surface area contributed by atoms with Crippen molar-refractivity contribution in [3.8, 4) is 0 Å². The highest BCUT2D eigenvalue weighted by atomic mass is 32.2. The summed E-state index contributed by atoms with van der Waals surface area (Å²) >= 11 is 1.32. The molecule has 0 aliphatic carbocycles. The van der Waals surface area contributed by atoms with Gasteiger partial charge in [0, 0.05) is 24.5 Å². The van der Waals surface area contributed by atoms with Gasteiger partial charge in [-0.15, -0.1) is 5.10 Å². The molecule has 2 N–H and O–H groups in total. The van der Waals surface area contributed by atoms with Gasteiger partial charge in [-0.25, -0.2) is 0 Å². The highest BCUT2D eigenvalue weighted by molar-refractivity contribution is 8.13. The summed E-state index contributed by atoms with van der Waals surface area (Å²) in [6, 6.07) is 14.0. The van der Waals surface area contributed by atoms with Gasteiger partial charge in [0.15, 0.2) is 5.17 Å². The minimum absolute atomic E-state index is 0.226. The molecule has 1 saturated heterocycles. The molecular formula is C20H21F3N4S. The number of hydrogen-bond acceptors (Lipinski definition) is 4. The average molecular weight is 406 g/mol. The Hall–Kier alpha value is -2.48. The number of anilines is 1. The van der Waals surface area contributed by atoms with Crippen LogP contribution in [0.4, 0.5) is 18.9 Å². The summed E-state index contributed by atoms with van der Waals surface area (Å²) < 4.78 is 40.4. The van der Waals surface area contributed by atoms with Crippen LogP contribution >= 0.6 is 11.8 Å². The van der Waals surface area contributed by atoms with Gasteiger partial charge in [0.05, 0.1) is 11.8 Å². The summed E-state index contributed by atoms with van der Waals surface area (Å²) in [4.78, 5) is 1.78. The van der Waals surface area contributed by atoms with Crippen LogP contribution in [-0.4, -0.2) is 24.5 Å². The van der Waals surface area contributed by atoms with Crippen LogP contribution in [0.25, 0.3) is 0 Å². The van der Waals surface area contributed by atoms with Crippen molar-refractivity contribution in [3.05, 3.63) is 65.2 Å². The monoisotopic (exact) mass is 406 g/mol. The molecule has 3 rings (SSSR count). The zero-order valence-corrected chi connectivity index (χ0v) is 16.0. The van der Waals surface area contributed by atoms with Gasteiger partial charge in [0.2, 0.25) is 0 Å². The van der Waals surface area contributed by atoms with E-state index in [0.29, 0.717) is 24.4 Å². The number of alkyl halides is 3. The van der Waals surface area contributed by atoms with Crippen molar-refractivity contribution in [1.29, 1.82) is 0 Å². The first-order valence-corrected chi connectivity index (χ1v) is 9.91. The number of halogens is 3. The summed E-state index contributed by atoms with van der Waals surface area (Å²) in [6.45, 7) is 1.30. The van der Waals surface area contributed by atoms with Crippen molar-refractivity contribution in [2.45, 2.75) is 24.8 Å². The lowest BCUT2D eigenvalue weighted by Gasteiger charge is -2.22.